The quantitative estimate of drug-likeness (QED) is 0.103. The van der Waals surface area contributed by atoms with Crippen molar-refractivity contribution in [1.29, 1.82) is 0 Å². The van der Waals surface area contributed by atoms with Gasteiger partial charge in [0.05, 0.1) is 11.2 Å². The van der Waals surface area contributed by atoms with Crippen LogP contribution in [0.2, 0.25) is 0 Å². The van der Waals surface area contributed by atoms with E-state index in [0.29, 0.717) is 22.6 Å². The maximum absolute atomic E-state index is 11.5. The van der Waals surface area contributed by atoms with Crippen LogP contribution in [0.3, 0.4) is 0 Å². The summed E-state index contributed by atoms with van der Waals surface area (Å²) < 4.78 is 57.0. The summed E-state index contributed by atoms with van der Waals surface area (Å²) in [5.74, 6) is 0.888. The molecule has 1 aliphatic rings. The van der Waals surface area contributed by atoms with Crippen molar-refractivity contribution in [2.24, 2.45) is 16.7 Å². The van der Waals surface area contributed by atoms with Gasteiger partial charge in [-0.25, -0.2) is 9.97 Å². The molecule has 0 atom stereocenters. The normalized spacial score (nSPS) is 15.4. The van der Waals surface area contributed by atoms with Gasteiger partial charge in [-0.1, -0.05) is 113 Å². The summed E-state index contributed by atoms with van der Waals surface area (Å²) in [7, 11) is 0. The Bertz CT molecular complexity index is 3000. The van der Waals surface area contributed by atoms with E-state index >= 15 is 0 Å². The van der Waals surface area contributed by atoms with E-state index in [-0.39, 0.29) is 48.5 Å². The van der Waals surface area contributed by atoms with Crippen LogP contribution in [0.15, 0.2) is 112 Å². The van der Waals surface area contributed by atoms with Gasteiger partial charge < -0.3 is 23.9 Å². The number of carbonyl (C=O) groups is 1. The fraction of sp³-hybridized carbons (Fsp3) is 0.314. The fourth-order valence-corrected chi connectivity index (χ4v) is 6.93. The second-order valence-corrected chi connectivity index (χ2v) is 17.0. The Hall–Kier alpha value is -5.50. The Balaban J connectivity index is 0.000000175. The molecule has 1 aliphatic carbocycles. The predicted octanol–water partition coefficient (Wildman–Crippen LogP) is 13.1. The number of aliphatic hydroxyl groups is 1. The monoisotopic (exact) mass is 983 g/mol. The van der Waals surface area contributed by atoms with E-state index in [2.05, 4.69) is 38.1 Å². The van der Waals surface area contributed by atoms with Gasteiger partial charge in [0.15, 0.2) is 5.78 Å². The molecule has 1 fully saturated rings. The van der Waals surface area contributed by atoms with Crippen molar-refractivity contribution >= 4 is 49.9 Å². The van der Waals surface area contributed by atoms with E-state index in [1.165, 1.54) is 49.5 Å². The molecule has 9 rings (SSSR count). The first kappa shape index (κ1) is 36.4. The zero-order valence-corrected chi connectivity index (χ0v) is 37.0. The Morgan fingerprint density at radius 2 is 1.32 bits per heavy atom. The number of furan rings is 2. The van der Waals surface area contributed by atoms with E-state index < -0.39 is 19.1 Å². The molecule has 0 bridgehead atoms. The molecular formula is C51H52IrN4O4-2. The second kappa shape index (κ2) is 18.4. The molecule has 0 aliphatic heterocycles. The summed E-state index contributed by atoms with van der Waals surface area (Å²) in [5, 5.41) is 12.9. The third-order valence-corrected chi connectivity index (χ3v) is 10.4. The minimum Gasteiger partial charge on any atom is -0.512 e. The number of fused-ring (bicyclic) bond motifs is 6. The summed E-state index contributed by atoms with van der Waals surface area (Å²) >= 11 is 0. The van der Waals surface area contributed by atoms with E-state index in [1.807, 2.05) is 90.2 Å². The van der Waals surface area contributed by atoms with Crippen LogP contribution in [0.25, 0.3) is 66.7 Å². The van der Waals surface area contributed by atoms with Crippen LogP contribution in [0.1, 0.15) is 92.4 Å². The molecule has 1 saturated carbocycles. The molecule has 8 aromatic rings. The van der Waals surface area contributed by atoms with Crippen molar-refractivity contribution in [3.8, 4) is 22.5 Å². The second-order valence-electron chi connectivity index (χ2n) is 17.0. The van der Waals surface area contributed by atoms with Gasteiger partial charge in [-0.3, -0.25) is 4.79 Å². The van der Waals surface area contributed by atoms with Gasteiger partial charge in [0.1, 0.15) is 5.76 Å². The minimum atomic E-state index is -2.27. The number of aliphatic hydroxyl groups excluding tert-OH is 1. The van der Waals surface area contributed by atoms with Gasteiger partial charge in [0.25, 0.3) is 0 Å². The number of aryl methyl sites for hydroxylation is 2. The van der Waals surface area contributed by atoms with Crippen molar-refractivity contribution in [3.05, 3.63) is 132 Å². The maximum Gasteiger partial charge on any atom is 0.216 e. The van der Waals surface area contributed by atoms with Gasteiger partial charge in [-0.2, -0.15) is 0 Å². The summed E-state index contributed by atoms with van der Waals surface area (Å²) in [5.41, 5.74) is 5.47. The number of hydrogen-bond acceptors (Lipinski definition) is 8. The summed E-state index contributed by atoms with van der Waals surface area (Å²) in [6, 6.07) is 30.1. The molecule has 0 saturated heterocycles. The van der Waals surface area contributed by atoms with Gasteiger partial charge >= 0.3 is 0 Å². The zero-order chi connectivity index (χ0) is 46.9. The first-order valence-electron chi connectivity index (χ1n) is 22.9. The number of rotatable bonds is 5. The van der Waals surface area contributed by atoms with Gasteiger partial charge in [-0.05, 0) is 73.3 Å². The largest absolute Gasteiger partial charge is 0.512 e. The number of hydrogen-bond donors (Lipinski definition) is 1. The summed E-state index contributed by atoms with van der Waals surface area (Å²) in [4.78, 5) is 28.9. The number of ketones is 1. The van der Waals surface area contributed by atoms with E-state index in [4.69, 9.17) is 17.1 Å². The average molecular weight is 983 g/mol. The molecule has 0 unspecified atom stereocenters. The van der Waals surface area contributed by atoms with Crippen molar-refractivity contribution in [1.82, 2.24) is 19.9 Å². The standard InChI is InChI=1S/C23H21N2O.C17H11N2O.C11H20O2.Ir/c1-15-9-11-19-18-7-4-8-20(22(18)26-23(19)25-15)21-12-10-17(14-24-21)13-16-5-2-3-6-16;1-11-8-9-13-12-5-4-6-14(15-7-2-3-10-18-15)16(12)20-17(13)19-11;1-10(2,3)8(12)7-9(13)11(4,5)6;/h4,7,9-12,14,16H,2-3,5-6,13H2,1H3;2-5,7-10H,1H3;7,12H,1-6H3;/q2*-1;;/b;;8-7-;/i2*1D3;;. The molecule has 60 heavy (non-hydrogen) atoms. The molecule has 6 aromatic heterocycles. The molecule has 2 aromatic carbocycles. The smallest absolute Gasteiger partial charge is 0.216 e. The fourth-order valence-electron chi connectivity index (χ4n) is 6.93. The average Bonchev–Trinajstić information content (AvgIpc) is 4.00. The third kappa shape index (κ3) is 10.1. The maximum atomic E-state index is 11.5. The van der Waals surface area contributed by atoms with E-state index in [1.54, 1.807) is 24.4 Å². The van der Waals surface area contributed by atoms with Crippen molar-refractivity contribution in [3.63, 3.8) is 0 Å². The molecule has 8 nitrogen and oxygen atoms in total. The molecule has 311 valence electrons. The molecule has 6 heterocycles. The molecule has 0 amide bonds. The first-order chi connectivity index (χ1) is 30.6. The van der Waals surface area contributed by atoms with Gasteiger partial charge in [0.2, 0.25) is 11.4 Å². The summed E-state index contributed by atoms with van der Waals surface area (Å²) in [6.45, 7) is 6.59. The third-order valence-electron chi connectivity index (χ3n) is 10.4. The number of pyridine rings is 4. The van der Waals surface area contributed by atoms with Crippen LogP contribution >= 0.6 is 0 Å². The van der Waals surface area contributed by atoms with Crippen LogP contribution < -0.4 is 0 Å². The minimum absolute atomic E-state index is 0. The number of benzene rings is 2. The van der Waals surface area contributed by atoms with Crippen molar-refractivity contribution in [2.75, 3.05) is 0 Å². The van der Waals surface area contributed by atoms with Crippen LogP contribution in [-0.2, 0) is 31.3 Å². The SMILES string of the molecule is CC(C)(C)C(=O)/C=C(\O)C(C)(C)C.[2H]C([2H])([2H])c1ccc2c(n1)oc1c(-c3ccc(CC4CCCC4)cn3)[c-]ccc12.[2H]C([2H])([2H])c1ccc2c(n1)oc1c(-c3ccccn3)[c-]ccc12.[Ir]. The Labute approximate surface area is 374 Å². The van der Waals surface area contributed by atoms with Crippen molar-refractivity contribution < 1.29 is 47.1 Å². The van der Waals surface area contributed by atoms with Crippen LogP contribution in [0.5, 0.6) is 0 Å². The number of aromatic nitrogens is 4. The Morgan fingerprint density at radius 1 is 0.750 bits per heavy atom. The topological polar surface area (TPSA) is 115 Å². The number of allylic oxidation sites excluding steroid dienone is 2. The van der Waals surface area contributed by atoms with Crippen molar-refractivity contribution in [2.45, 2.75) is 87.4 Å². The number of carbonyl (C=O) groups excluding carboxylic acids is 1. The van der Waals surface area contributed by atoms with E-state index in [0.717, 1.165) is 56.4 Å². The number of nitrogens with zero attached hydrogens (tertiary/aromatic N) is 4. The molecule has 1 N–H and O–H groups in total. The molecule has 1 radical (unpaired) electrons. The molecule has 9 heteroatoms. The molecular weight excluding hydrogens is 925 g/mol. The van der Waals surface area contributed by atoms with Gasteiger partial charge in [-0.15, -0.1) is 36.4 Å². The van der Waals surface area contributed by atoms with Crippen LogP contribution in [0, 0.1) is 42.6 Å². The Kier molecular flexibility index (Phi) is 11.2. The van der Waals surface area contributed by atoms with Crippen LogP contribution in [-0.4, -0.2) is 30.8 Å². The summed E-state index contributed by atoms with van der Waals surface area (Å²) in [6.07, 6.45) is 11.4. The van der Waals surface area contributed by atoms with Crippen LogP contribution in [0.4, 0.5) is 0 Å². The first-order valence-corrected chi connectivity index (χ1v) is 19.9. The van der Waals surface area contributed by atoms with Gasteiger partial charge in [0, 0.05) is 79.8 Å². The predicted molar refractivity (Wildman–Crippen MR) is 237 cm³/mol. The molecule has 0 spiro atoms. The zero-order valence-electron chi connectivity index (χ0n) is 40.6. The van der Waals surface area contributed by atoms with E-state index in [9.17, 15) is 9.90 Å². The Morgan fingerprint density at radius 3 is 1.78 bits per heavy atom.